The fourth-order valence-electron chi connectivity index (χ4n) is 2.44. The van der Waals surface area contributed by atoms with Gasteiger partial charge in [-0.25, -0.2) is 14.8 Å². The van der Waals surface area contributed by atoms with Crippen LogP contribution in [0.2, 0.25) is 0 Å². The minimum absolute atomic E-state index is 0.164. The van der Waals surface area contributed by atoms with Crippen LogP contribution in [0.25, 0.3) is 11.2 Å². The Morgan fingerprint density at radius 2 is 2.16 bits per heavy atom. The molecule has 0 saturated carbocycles. The number of fused-ring (bicyclic) bond motifs is 1. The van der Waals surface area contributed by atoms with Gasteiger partial charge in [0.25, 0.3) is 0 Å². The van der Waals surface area contributed by atoms with Crippen molar-refractivity contribution in [1.82, 2.24) is 19.5 Å². The number of imidazole rings is 1. The van der Waals surface area contributed by atoms with E-state index in [2.05, 4.69) is 35.7 Å². The van der Waals surface area contributed by atoms with E-state index in [0.717, 1.165) is 25.7 Å². The molecule has 0 amide bonds. The van der Waals surface area contributed by atoms with Gasteiger partial charge in [-0.15, -0.1) is 0 Å². The third-order valence-electron chi connectivity index (χ3n) is 3.87. The number of anilines is 1. The van der Waals surface area contributed by atoms with Gasteiger partial charge in [-0.2, -0.15) is 0 Å². The number of hydrogen-bond acceptors (Lipinski definition) is 4. The molecule has 0 aliphatic rings. The maximum absolute atomic E-state index is 12.2. The summed E-state index contributed by atoms with van der Waals surface area (Å²) in [4.78, 5) is 23.2. The number of aromatic nitrogens is 4. The second-order valence-electron chi connectivity index (χ2n) is 5.18. The van der Waals surface area contributed by atoms with Gasteiger partial charge in [0.15, 0.2) is 11.5 Å². The van der Waals surface area contributed by atoms with Crippen molar-refractivity contribution in [3.63, 3.8) is 0 Å². The Bertz CT molecular complexity index is 629. The first-order valence-electron chi connectivity index (χ1n) is 6.75. The monoisotopic (exact) mass is 263 g/mol. The first kappa shape index (κ1) is 13.6. The van der Waals surface area contributed by atoms with E-state index in [9.17, 15) is 4.79 Å². The van der Waals surface area contributed by atoms with Gasteiger partial charge < -0.3 is 10.7 Å². The molecule has 1 atom stereocenters. The molecule has 0 aliphatic heterocycles. The second kappa shape index (κ2) is 5.03. The maximum atomic E-state index is 12.2. The van der Waals surface area contributed by atoms with Crippen LogP contribution in [0.4, 0.5) is 5.82 Å². The van der Waals surface area contributed by atoms with E-state index in [-0.39, 0.29) is 11.2 Å². The van der Waals surface area contributed by atoms with E-state index >= 15 is 0 Å². The molecule has 0 spiro atoms. The smallest absolute Gasteiger partial charge is 0.328 e. The molecule has 6 heteroatoms. The molecule has 0 saturated heterocycles. The molecule has 2 aromatic rings. The van der Waals surface area contributed by atoms with Crippen molar-refractivity contribution in [1.29, 1.82) is 0 Å². The number of nitrogens with one attached hydrogen (secondary N) is 1. The Balaban J connectivity index is 2.63. The molecule has 6 nitrogen and oxygen atoms in total. The summed E-state index contributed by atoms with van der Waals surface area (Å²) in [6, 6.07) is 0. The van der Waals surface area contributed by atoms with Gasteiger partial charge in [0, 0.05) is 5.54 Å². The van der Waals surface area contributed by atoms with Crippen LogP contribution in [-0.2, 0) is 5.54 Å². The molecule has 0 radical (unpaired) electrons. The fraction of sp³-hybridized carbons (Fsp3) is 0.615. The summed E-state index contributed by atoms with van der Waals surface area (Å²) in [5.74, 6) is 0.315. The molecule has 0 aromatic carbocycles. The van der Waals surface area contributed by atoms with Crippen molar-refractivity contribution in [2.75, 3.05) is 5.73 Å². The zero-order valence-corrected chi connectivity index (χ0v) is 11.7. The highest BCUT2D eigenvalue weighted by Crippen LogP contribution is 2.28. The summed E-state index contributed by atoms with van der Waals surface area (Å²) in [6.07, 6.45) is 5.38. The maximum Gasteiger partial charge on any atom is 0.328 e. The van der Waals surface area contributed by atoms with Gasteiger partial charge >= 0.3 is 5.69 Å². The van der Waals surface area contributed by atoms with Crippen molar-refractivity contribution in [2.24, 2.45) is 0 Å². The average molecular weight is 263 g/mol. The van der Waals surface area contributed by atoms with Gasteiger partial charge in [-0.3, -0.25) is 4.57 Å². The second-order valence-corrected chi connectivity index (χ2v) is 5.18. The molecule has 0 fully saturated rings. The molecule has 0 aliphatic carbocycles. The molecule has 19 heavy (non-hydrogen) atoms. The number of H-pyrrole nitrogens is 1. The minimum Gasteiger partial charge on any atom is -0.382 e. The van der Waals surface area contributed by atoms with Crippen molar-refractivity contribution >= 4 is 17.0 Å². The normalized spacial score (nSPS) is 14.7. The van der Waals surface area contributed by atoms with Crippen LogP contribution >= 0.6 is 0 Å². The first-order chi connectivity index (χ1) is 9.03. The van der Waals surface area contributed by atoms with Gasteiger partial charge in [0.2, 0.25) is 0 Å². The molecule has 104 valence electrons. The number of aromatic amines is 1. The number of rotatable bonds is 5. The average Bonchev–Trinajstić information content (AvgIpc) is 2.74. The van der Waals surface area contributed by atoms with E-state index in [1.807, 2.05) is 0 Å². The van der Waals surface area contributed by atoms with Crippen LogP contribution in [-0.4, -0.2) is 19.5 Å². The summed E-state index contributed by atoms with van der Waals surface area (Å²) in [5, 5.41) is 0. The quantitative estimate of drug-likeness (QED) is 0.863. The Morgan fingerprint density at radius 1 is 1.42 bits per heavy atom. The van der Waals surface area contributed by atoms with Crippen LogP contribution in [0.5, 0.6) is 0 Å². The highest BCUT2D eigenvalue weighted by Gasteiger charge is 2.28. The van der Waals surface area contributed by atoms with Crippen LogP contribution in [0.3, 0.4) is 0 Å². The Hall–Kier alpha value is -1.85. The number of unbranched alkanes of at least 4 members (excludes halogenated alkanes) is 1. The van der Waals surface area contributed by atoms with Crippen molar-refractivity contribution in [2.45, 2.75) is 52.0 Å². The van der Waals surface area contributed by atoms with Crippen LogP contribution in [0.1, 0.15) is 46.5 Å². The lowest BCUT2D eigenvalue weighted by atomic mass is 9.91. The highest BCUT2D eigenvalue weighted by atomic mass is 16.1. The van der Waals surface area contributed by atoms with Crippen LogP contribution in [0.15, 0.2) is 11.1 Å². The summed E-state index contributed by atoms with van der Waals surface area (Å²) < 4.78 is 1.73. The standard InChI is InChI=1S/C13H21N5O/c1-4-6-7-13(3,5-2)18-11-9(17-12(18)19)10(14)15-8-16-11/h8H,4-7H2,1-3H3,(H,17,19)(H2,14,15,16). The van der Waals surface area contributed by atoms with Crippen molar-refractivity contribution < 1.29 is 0 Å². The van der Waals surface area contributed by atoms with Gasteiger partial charge in [-0.1, -0.05) is 26.7 Å². The van der Waals surface area contributed by atoms with E-state index in [1.54, 1.807) is 4.57 Å². The summed E-state index contributed by atoms with van der Waals surface area (Å²) in [5.41, 5.74) is 6.51. The predicted octanol–water partition coefficient (Wildman–Crippen LogP) is 2.02. The summed E-state index contributed by atoms with van der Waals surface area (Å²) in [7, 11) is 0. The van der Waals surface area contributed by atoms with Crippen molar-refractivity contribution in [3.05, 3.63) is 16.8 Å². The number of hydrogen-bond donors (Lipinski definition) is 2. The summed E-state index contributed by atoms with van der Waals surface area (Å²) >= 11 is 0. The Labute approximate surface area is 112 Å². The largest absolute Gasteiger partial charge is 0.382 e. The zero-order chi connectivity index (χ0) is 14.0. The van der Waals surface area contributed by atoms with E-state index in [0.29, 0.717) is 17.0 Å². The number of nitrogens with zero attached hydrogens (tertiary/aromatic N) is 3. The van der Waals surface area contributed by atoms with Crippen molar-refractivity contribution in [3.8, 4) is 0 Å². The van der Waals surface area contributed by atoms with Gasteiger partial charge in [-0.05, 0) is 19.8 Å². The molecular formula is C13H21N5O. The number of nitrogen functional groups attached to an aromatic ring is 1. The summed E-state index contributed by atoms with van der Waals surface area (Å²) in [6.45, 7) is 6.33. The minimum atomic E-state index is -0.244. The van der Waals surface area contributed by atoms with Crippen LogP contribution in [0, 0.1) is 0 Å². The first-order valence-corrected chi connectivity index (χ1v) is 6.75. The lowest BCUT2D eigenvalue weighted by Crippen LogP contribution is -2.37. The fourth-order valence-corrected chi connectivity index (χ4v) is 2.44. The SMILES string of the molecule is CCCCC(C)(CC)n1c(=O)[nH]c2c(N)ncnc21. The number of nitrogens with two attached hydrogens (primary N) is 1. The Morgan fingerprint density at radius 3 is 2.79 bits per heavy atom. The molecule has 3 N–H and O–H groups in total. The zero-order valence-electron chi connectivity index (χ0n) is 11.7. The van der Waals surface area contributed by atoms with E-state index in [4.69, 9.17) is 5.73 Å². The predicted molar refractivity (Wildman–Crippen MR) is 76.0 cm³/mol. The Kier molecular flexibility index (Phi) is 3.59. The molecule has 2 rings (SSSR count). The van der Waals surface area contributed by atoms with Gasteiger partial charge in [0.05, 0.1) is 0 Å². The molecule has 1 unspecified atom stereocenters. The molecule has 2 heterocycles. The third kappa shape index (κ3) is 2.22. The molecule has 0 bridgehead atoms. The highest BCUT2D eigenvalue weighted by molar-refractivity contribution is 5.81. The van der Waals surface area contributed by atoms with Crippen LogP contribution < -0.4 is 11.4 Å². The molecular weight excluding hydrogens is 242 g/mol. The lowest BCUT2D eigenvalue weighted by molar-refractivity contribution is 0.273. The lowest BCUT2D eigenvalue weighted by Gasteiger charge is -2.29. The third-order valence-corrected chi connectivity index (χ3v) is 3.87. The van der Waals surface area contributed by atoms with E-state index in [1.165, 1.54) is 6.33 Å². The topological polar surface area (TPSA) is 89.6 Å². The van der Waals surface area contributed by atoms with E-state index < -0.39 is 0 Å². The molecule has 2 aromatic heterocycles. The van der Waals surface area contributed by atoms with Gasteiger partial charge in [0.1, 0.15) is 11.8 Å².